The van der Waals surface area contributed by atoms with Crippen LogP contribution in [0.3, 0.4) is 0 Å². The number of rotatable bonds is 8. The summed E-state index contributed by atoms with van der Waals surface area (Å²) in [5, 5.41) is 12.0. The molecule has 2 rings (SSSR count). The van der Waals surface area contributed by atoms with E-state index in [1.807, 2.05) is 0 Å². The highest BCUT2D eigenvalue weighted by atomic mass is 16.5. The van der Waals surface area contributed by atoms with Gasteiger partial charge in [0, 0.05) is 18.1 Å². The lowest BCUT2D eigenvalue weighted by Crippen LogP contribution is -2.48. The van der Waals surface area contributed by atoms with Crippen molar-refractivity contribution < 1.29 is 24.2 Å². The van der Waals surface area contributed by atoms with Gasteiger partial charge in [0.15, 0.2) is 0 Å². The van der Waals surface area contributed by atoms with Crippen LogP contribution in [0.25, 0.3) is 0 Å². The predicted octanol–water partition coefficient (Wildman–Crippen LogP) is 2.72. The molecule has 6 heteroatoms. The third-order valence-corrected chi connectivity index (χ3v) is 4.30. The topological polar surface area (TPSA) is 84.9 Å². The molecule has 0 radical (unpaired) electrons. The Morgan fingerprint density at radius 1 is 1.32 bits per heavy atom. The average Bonchev–Trinajstić information content (AvgIpc) is 2.60. The molecular weight excluding hydrogens is 322 g/mol. The molecule has 2 N–H and O–H groups in total. The summed E-state index contributed by atoms with van der Waals surface area (Å²) < 4.78 is 11.0. The van der Waals surface area contributed by atoms with Crippen LogP contribution in [-0.4, -0.2) is 42.8 Å². The third-order valence-electron chi connectivity index (χ3n) is 4.30. The molecule has 2 atom stereocenters. The maximum absolute atomic E-state index is 12.4. The van der Waals surface area contributed by atoms with Crippen LogP contribution in [0.4, 0.5) is 0 Å². The highest BCUT2D eigenvalue weighted by molar-refractivity contribution is 5.96. The van der Waals surface area contributed by atoms with Crippen LogP contribution >= 0.6 is 0 Å². The molecule has 1 fully saturated rings. The zero-order valence-electron chi connectivity index (χ0n) is 14.9. The van der Waals surface area contributed by atoms with Gasteiger partial charge < -0.3 is 19.9 Å². The Hall–Kier alpha value is -2.08. The summed E-state index contributed by atoms with van der Waals surface area (Å²) in [7, 11) is 0. The first kappa shape index (κ1) is 19.2. The van der Waals surface area contributed by atoms with Gasteiger partial charge in [0.05, 0.1) is 13.2 Å². The van der Waals surface area contributed by atoms with Gasteiger partial charge in [0.1, 0.15) is 11.8 Å². The van der Waals surface area contributed by atoms with Crippen LogP contribution in [0.2, 0.25) is 0 Å². The number of benzene rings is 1. The first-order valence-corrected chi connectivity index (χ1v) is 8.81. The van der Waals surface area contributed by atoms with Crippen molar-refractivity contribution in [1.29, 1.82) is 0 Å². The molecule has 25 heavy (non-hydrogen) atoms. The van der Waals surface area contributed by atoms with Crippen molar-refractivity contribution in [1.82, 2.24) is 5.32 Å². The fourth-order valence-electron chi connectivity index (χ4n) is 2.75. The Morgan fingerprint density at radius 2 is 2.04 bits per heavy atom. The number of aliphatic carboxylic acids is 1. The SMILES string of the molecule is CC(C)CCOc1ccc(C(=O)NC(C(=O)O)C2CCCOC2)cc1. The molecule has 138 valence electrons. The Morgan fingerprint density at radius 3 is 2.60 bits per heavy atom. The molecule has 1 aromatic rings. The first-order chi connectivity index (χ1) is 12.0. The van der Waals surface area contributed by atoms with Crippen LogP contribution in [-0.2, 0) is 9.53 Å². The molecule has 0 spiro atoms. The van der Waals surface area contributed by atoms with Gasteiger partial charge in [-0.2, -0.15) is 0 Å². The third kappa shape index (κ3) is 6.05. The molecule has 0 bridgehead atoms. The fourth-order valence-corrected chi connectivity index (χ4v) is 2.75. The maximum atomic E-state index is 12.4. The number of carbonyl (C=O) groups is 2. The summed E-state index contributed by atoms with van der Waals surface area (Å²) >= 11 is 0. The van der Waals surface area contributed by atoms with Crippen molar-refractivity contribution in [3.8, 4) is 5.75 Å². The molecule has 0 aliphatic carbocycles. The summed E-state index contributed by atoms with van der Waals surface area (Å²) in [5.74, 6) is -0.354. The van der Waals surface area contributed by atoms with Crippen LogP contribution < -0.4 is 10.1 Å². The zero-order valence-corrected chi connectivity index (χ0v) is 14.9. The Balaban J connectivity index is 1.93. The number of carbonyl (C=O) groups excluding carboxylic acids is 1. The number of carboxylic acid groups (broad SMARTS) is 1. The van der Waals surface area contributed by atoms with Gasteiger partial charge in [-0.3, -0.25) is 4.79 Å². The first-order valence-electron chi connectivity index (χ1n) is 8.81. The van der Waals surface area contributed by atoms with Gasteiger partial charge in [0.25, 0.3) is 5.91 Å². The summed E-state index contributed by atoms with van der Waals surface area (Å²) in [5.41, 5.74) is 0.416. The molecule has 1 aliphatic heterocycles. The van der Waals surface area contributed by atoms with E-state index in [1.54, 1.807) is 24.3 Å². The number of nitrogens with one attached hydrogen (secondary N) is 1. The molecule has 2 unspecified atom stereocenters. The molecule has 0 saturated carbocycles. The molecule has 0 aromatic heterocycles. The summed E-state index contributed by atoms with van der Waals surface area (Å²) in [6.45, 7) is 5.90. The zero-order chi connectivity index (χ0) is 18.2. The quantitative estimate of drug-likeness (QED) is 0.754. The number of ether oxygens (including phenoxy) is 2. The lowest BCUT2D eigenvalue weighted by atomic mass is 9.93. The van der Waals surface area contributed by atoms with Gasteiger partial charge in [-0.15, -0.1) is 0 Å². The number of hydrogen-bond acceptors (Lipinski definition) is 4. The largest absolute Gasteiger partial charge is 0.494 e. The molecule has 1 amide bonds. The van der Waals surface area contributed by atoms with Crippen molar-refractivity contribution in [2.24, 2.45) is 11.8 Å². The molecule has 1 aromatic carbocycles. The smallest absolute Gasteiger partial charge is 0.326 e. The van der Waals surface area contributed by atoms with Crippen LogP contribution in [0, 0.1) is 11.8 Å². The number of carboxylic acids is 1. The monoisotopic (exact) mass is 349 g/mol. The minimum atomic E-state index is -1.03. The summed E-state index contributed by atoms with van der Waals surface area (Å²) in [4.78, 5) is 23.9. The normalized spacial score (nSPS) is 18.6. The van der Waals surface area contributed by atoms with Gasteiger partial charge >= 0.3 is 5.97 Å². The van der Waals surface area contributed by atoms with Crippen molar-refractivity contribution in [2.45, 2.75) is 39.2 Å². The Labute approximate surface area is 148 Å². The summed E-state index contributed by atoms with van der Waals surface area (Å²) in [6.07, 6.45) is 2.51. The second-order valence-corrected chi connectivity index (χ2v) is 6.82. The van der Waals surface area contributed by atoms with E-state index in [0.717, 1.165) is 19.3 Å². The highest BCUT2D eigenvalue weighted by Gasteiger charge is 2.31. The molecule has 1 heterocycles. The average molecular weight is 349 g/mol. The maximum Gasteiger partial charge on any atom is 0.326 e. The second kappa shape index (κ2) is 9.42. The second-order valence-electron chi connectivity index (χ2n) is 6.82. The Kier molecular flexibility index (Phi) is 7.25. The van der Waals surface area contributed by atoms with E-state index in [9.17, 15) is 14.7 Å². The van der Waals surface area contributed by atoms with Crippen molar-refractivity contribution >= 4 is 11.9 Å². The minimum absolute atomic E-state index is 0.200. The van der Waals surface area contributed by atoms with Gasteiger partial charge in [-0.25, -0.2) is 4.79 Å². The number of amides is 1. The van der Waals surface area contributed by atoms with E-state index < -0.39 is 17.9 Å². The van der Waals surface area contributed by atoms with E-state index in [4.69, 9.17) is 9.47 Å². The summed E-state index contributed by atoms with van der Waals surface area (Å²) in [6, 6.07) is 5.82. The standard InChI is InChI=1S/C19H27NO5/c1-13(2)9-11-25-16-7-5-14(6-8-16)18(21)20-17(19(22)23)15-4-3-10-24-12-15/h5-8,13,15,17H,3-4,9-12H2,1-2H3,(H,20,21)(H,22,23). The van der Waals surface area contributed by atoms with E-state index in [2.05, 4.69) is 19.2 Å². The van der Waals surface area contributed by atoms with E-state index >= 15 is 0 Å². The van der Waals surface area contributed by atoms with Gasteiger partial charge in [-0.05, 0) is 49.4 Å². The van der Waals surface area contributed by atoms with Crippen molar-refractivity contribution in [2.75, 3.05) is 19.8 Å². The van der Waals surface area contributed by atoms with E-state index in [-0.39, 0.29) is 5.92 Å². The van der Waals surface area contributed by atoms with Gasteiger partial charge in [0.2, 0.25) is 0 Å². The highest BCUT2D eigenvalue weighted by Crippen LogP contribution is 2.19. The van der Waals surface area contributed by atoms with E-state index in [1.165, 1.54) is 0 Å². The van der Waals surface area contributed by atoms with Crippen molar-refractivity contribution in [3.05, 3.63) is 29.8 Å². The van der Waals surface area contributed by atoms with Gasteiger partial charge in [-0.1, -0.05) is 13.8 Å². The fraction of sp³-hybridized carbons (Fsp3) is 0.579. The van der Waals surface area contributed by atoms with Crippen LogP contribution in [0.5, 0.6) is 5.75 Å². The van der Waals surface area contributed by atoms with E-state index in [0.29, 0.717) is 37.1 Å². The lowest BCUT2D eigenvalue weighted by Gasteiger charge is -2.28. The molecule has 6 nitrogen and oxygen atoms in total. The minimum Gasteiger partial charge on any atom is -0.494 e. The molecule has 1 aliphatic rings. The molecule has 1 saturated heterocycles. The lowest BCUT2D eigenvalue weighted by molar-refractivity contribution is -0.142. The van der Waals surface area contributed by atoms with Crippen molar-refractivity contribution in [3.63, 3.8) is 0 Å². The Bertz CT molecular complexity index is 564. The molecular formula is C19H27NO5. The predicted molar refractivity (Wildman–Crippen MR) is 93.8 cm³/mol. The van der Waals surface area contributed by atoms with Crippen LogP contribution in [0.1, 0.15) is 43.5 Å². The number of hydrogen-bond donors (Lipinski definition) is 2. The van der Waals surface area contributed by atoms with Crippen LogP contribution in [0.15, 0.2) is 24.3 Å².